The average molecular weight is 277 g/mol. The number of rotatable bonds is 1. The van der Waals surface area contributed by atoms with Gasteiger partial charge in [-0.25, -0.2) is 0 Å². The Kier molecular flexibility index (Phi) is 2.86. The van der Waals surface area contributed by atoms with Gasteiger partial charge in [0.25, 0.3) is 0 Å². The largest absolute Gasteiger partial charge is 0.362 e. The zero-order chi connectivity index (χ0) is 14.4. The van der Waals surface area contributed by atoms with Gasteiger partial charge in [0.2, 0.25) is 0 Å². The van der Waals surface area contributed by atoms with Crippen molar-refractivity contribution in [2.45, 2.75) is 32.6 Å². The van der Waals surface area contributed by atoms with Gasteiger partial charge in [-0.15, -0.1) is 0 Å². The number of benzene rings is 2. The van der Waals surface area contributed by atoms with E-state index in [1.165, 1.54) is 27.7 Å². The molecule has 2 heterocycles. The number of hydrogen-bond donors (Lipinski definition) is 0. The molecule has 0 saturated carbocycles. The maximum Gasteiger partial charge on any atom is 0.123 e. The number of aromatic nitrogens is 1. The van der Waals surface area contributed by atoms with Crippen molar-refractivity contribution in [3.8, 4) is 0 Å². The highest BCUT2D eigenvalue weighted by Gasteiger charge is 2.30. The quantitative estimate of drug-likeness (QED) is 0.640. The second kappa shape index (κ2) is 4.74. The summed E-state index contributed by atoms with van der Waals surface area (Å²) in [4.78, 5) is 0. The number of para-hydroxylation sites is 1. The normalized spacial score (nSPS) is 21.4. The van der Waals surface area contributed by atoms with Gasteiger partial charge in [-0.05, 0) is 31.0 Å². The van der Waals surface area contributed by atoms with Crippen LogP contribution < -0.4 is 0 Å². The van der Waals surface area contributed by atoms with E-state index >= 15 is 0 Å². The van der Waals surface area contributed by atoms with Crippen LogP contribution in [0.3, 0.4) is 0 Å². The van der Waals surface area contributed by atoms with E-state index < -0.39 is 0 Å². The Hall–Kier alpha value is -2.06. The predicted molar refractivity (Wildman–Crippen MR) is 85.5 cm³/mol. The fourth-order valence-electron chi connectivity index (χ4n) is 3.49. The smallest absolute Gasteiger partial charge is 0.123 e. The van der Waals surface area contributed by atoms with Crippen LogP contribution in [-0.4, -0.2) is 10.7 Å². The van der Waals surface area contributed by atoms with Gasteiger partial charge in [-0.1, -0.05) is 48.5 Å². The summed E-state index contributed by atoms with van der Waals surface area (Å²) in [6.45, 7) is 5.29. The van der Waals surface area contributed by atoms with Crippen LogP contribution in [0.15, 0.2) is 54.6 Å². The average Bonchev–Trinajstić information content (AvgIpc) is 2.81. The first-order chi connectivity index (χ1) is 10.3. The van der Waals surface area contributed by atoms with E-state index in [4.69, 9.17) is 4.74 Å². The molecule has 2 heteroatoms. The third-order valence-electron chi connectivity index (χ3n) is 4.43. The zero-order valence-electron chi connectivity index (χ0n) is 12.4. The molecule has 1 aliphatic heterocycles. The fourth-order valence-corrected chi connectivity index (χ4v) is 3.49. The Labute approximate surface area is 125 Å². The van der Waals surface area contributed by atoms with E-state index in [0.717, 1.165) is 6.54 Å². The summed E-state index contributed by atoms with van der Waals surface area (Å²) in [5, 5.41) is 1.34. The molecule has 0 radical (unpaired) electrons. The molecule has 0 spiro atoms. The minimum Gasteiger partial charge on any atom is -0.362 e. The molecule has 0 bridgehead atoms. The van der Waals surface area contributed by atoms with Crippen molar-refractivity contribution in [3.05, 3.63) is 71.4 Å². The highest BCUT2D eigenvalue weighted by atomic mass is 16.5. The van der Waals surface area contributed by atoms with E-state index in [2.05, 4.69) is 73.0 Å². The number of fused-ring (bicyclic) bond motifs is 3. The number of nitrogens with zero attached hydrogens (tertiary/aromatic N) is 1. The standard InChI is InChI=1S/C19H19NO/c1-13-12-20-17-11-7-6-10-16(17)14(2)18(20)19(21-13)15-8-4-3-5-9-15/h3-11,13,19H,12H2,1-2H3/t13-,19+/m0/s1. The van der Waals surface area contributed by atoms with Crippen LogP contribution in [-0.2, 0) is 11.3 Å². The molecule has 1 aromatic heterocycles. The minimum atomic E-state index is 0.0300. The molecule has 0 unspecified atom stereocenters. The lowest BCUT2D eigenvalue weighted by molar-refractivity contribution is -0.0146. The first-order valence-electron chi connectivity index (χ1n) is 7.54. The molecule has 2 atom stereocenters. The molecular formula is C19H19NO. The van der Waals surface area contributed by atoms with Crippen molar-refractivity contribution in [2.24, 2.45) is 0 Å². The van der Waals surface area contributed by atoms with Gasteiger partial charge in [-0.2, -0.15) is 0 Å². The van der Waals surface area contributed by atoms with E-state index in [1.807, 2.05) is 0 Å². The van der Waals surface area contributed by atoms with Crippen LogP contribution >= 0.6 is 0 Å². The Bertz CT molecular complexity index is 788. The first kappa shape index (κ1) is 12.7. The molecule has 0 fully saturated rings. The third kappa shape index (κ3) is 1.90. The van der Waals surface area contributed by atoms with Crippen LogP contribution in [0.4, 0.5) is 0 Å². The first-order valence-corrected chi connectivity index (χ1v) is 7.54. The van der Waals surface area contributed by atoms with Crippen LogP contribution in [0.2, 0.25) is 0 Å². The lowest BCUT2D eigenvalue weighted by Gasteiger charge is -2.31. The lowest BCUT2D eigenvalue weighted by atomic mass is 10.0. The van der Waals surface area contributed by atoms with Crippen LogP contribution in [0.25, 0.3) is 10.9 Å². The van der Waals surface area contributed by atoms with Crippen molar-refractivity contribution >= 4 is 10.9 Å². The second-order valence-electron chi connectivity index (χ2n) is 5.88. The van der Waals surface area contributed by atoms with Gasteiger partial charge in [0, 0.05) is 17.4 Å². The summed E-state index contributed by atoms with van der Waals surface area (Å²) in [5.41, 5.74) is 5.20. The summed E-state index contributed by atoms with van der Waals surface area (Å²) in [6.07, 6.45) is 0.250. The van der Waals surface area contributed by atoms with Crippen LogP contribution in [0, 0.1) is 6.92 Å². The van der Waals surface area contributed by atoms with Gasteiger partial charge in [0.05, 0.1) is 11.8 Å². The summed E-state index contributed by atoms with van der Waals surface area (Å²) in [7, 11) is 0. The molecule has 0 saturated heterocycles. The molecule has 0 aliphatic carbocycles. The molecule has 2 aromatic carbocycles. The highest BCUT2D eigenvalue weighted by Crippen LogP contribution is 2.38. The van der Waals surface area contributed by atoms with E-state index in [1.54, 1.807) is 0 Å². The molecule has 2 nitrogen and oxygen atoms in total. The fraction of sp³-hybridized carbons (Fsp3) is 0.263. The van der Waals surface area contributed by atoms with E-state index in [-0.39, 0.29) is 12.2 Å². The molecule has 4 rings (SSSR count). The Morgan fingerprint density at radius 2 is 1.71 bits per heavy atom. The maximum atomic E-state index is 6.29. The van der Waals surface area contributed by atoms with Crippen LogP contribution in [0.1, 0.15) is 29.8 Å². The van der Waals surface area contributed by atoms with Gasteiger partial charge in [0.15, 0.2) is 0 Å². The highest BCUT2D eigenvalue weighted by molar-refractivity contribution is 5.85. The Balaban J connectivity index is 1.99. The lowest BCUT2D eigenvalue weighted by Crippen LogP contribution is -2.29. The van der Waals surface area contributed by atoms with Crippen molar-refractivity contribution in [1.29, 1.82) is 0 Å². The molecule has 21 heavy (non-hydrogen) atoms. The maximum absolute atomic E-state index is 6.29. The molecule has 0 amide bonds. The van der Waals surface area contributed by atoms with Gasteiger partial charge in [-0.3, -0.25) is 0 Å². The number of hydrogen-bond acceptors (Lipinski definition) is 1. The van der Waals surface area contributed by atoms with Crippen molar-refractivity contribution < 1.29 is 4.74 Å². The molecule has 3 aromatic rings. The summed E-state index contributed by atoms with van der Waals surface area (Å²) in [6, 6.07) is 19.2. The monoisotopic (exact) mass is 277 g/mol. The summed E-state index contributed by atoms with van der Waals surface area (Å²) >= 11 is 0. The number of ether oxygens (including phenoxy) is 1. The van der Waals surface area contributed by atoms with Crippen molar-refractivity contribution in [1.82, 2.24) is 4.57 Å². The van der Waals surface area contributed by atoms with E-state index in [9.17, 15) is 0 Å². The van der Waals surface area contributed by atoms with Crippen LogP contribution in [0.5, 0.6) is 0 Å². The molecule has 106 valence electrons. The van der Waals surface area contributed by atoms with Crippen molar-refractivity contribution in [3.63, 3.8) is 0 Å². The van der Waals surface area contributed by atoms with Gasteiger partial charge >= 0.3 is 0 Å². The predicted octanol–water partition coefficient (Wildman–Crippen LogP) is 4.46. The van der Waals surface area contributed by atoms with Gasteiger partial charge < -0.3 is 9.30 Å². The molecule has 1 aliphatic rings. The minimum absolute atomic E-state index is 0.0300. The number of aryl methyl sites for hydroxylation is 1. The molecule has 0 N–H and O–H groups in total. The molecular weight excluding hydrogens is 258 g/mol. The Morgan fingerprint density at radius 1 is 1.00 bits per heavy atom. The SMILES string of the molecule is Cc1c2n(c3ccccc13)C[C@H](C)O[C@@H]2c1ccccc1. The van der Waals surface area contributed by atoms with Gasteiger partial charge in [0.1, 0.15) is 6.10 Å². The Morgan fingerprint density at radius 3 is 2.52 bits per heavy atom. The van der Waals surface area contributed by atoms with E-state index in [0.29, 0.717) is 0 Å². The third-order valence-corrected chi connectivity index (χ3v) is 4.43. The topological polar surface area (TPSA) is 14.2 Å². The second-order valence-corrected chi connectivity index (χ2v) is 5.88. The summed E-state index contributed by atoms with van der Waals surface area (Å²) in [5.74, 6) is 0. The summed E-state index contributed by atoms with van der Waals surface area (Å²) < 4.78 is 8.73. The zero-order valence-corrected chi connectivity index (χ0v) is 12.4. The van der Waals surface area contributed by atoms with Crippen molar-refractivity contribution in [2.75, 3.05) is 0 Å².